The number of hydrogen-bond acceptors (Lipinski definition) is 2. The molecule has 0 N–H and O–H groups in total. The third-order valence-electron chi connectivity index (χ3n) is 2.76. The van der Waals surface area contributed by atoms with Gasteiger partial charge in [-0.2, -0.15) is 0 Å². The lowest BCUT2D eigenvalue weighted by molar-refractivity contribution is 0.0981. The van der Waals surface area contributed by atoms with Crippen molar-refractivity contribution < 1.29 is 9.47 Å². The third kappa shape index (κ3) is 3.69. The van der Waals surface area contributed by atoms with Crippen LogP contribution in [0.25, 0.3) is 0 Å². The molecule has 16 heavy (non-hydrogen) atoms. The smallest absolute Gasteiger partial charge is 0.120 e. The molecule has 1 saturated heterocycles. The van der Waals surface area contributed by atoms with Gasteiger partial charge in [0.1, 0.15) is 5.75 Å². The third-order valence-corrected chi connectivity index (χ3v) is 2.99. The average molecular weight is 241 g/mol. The average Bonchev–Trinajstić information content (AvgIpc) is 2.77. The zero-order chi connectivity index (χ0) is 11.2. The lowest BCUT2D eigenvalue weighted by Gasteiger charge is -2.10. The van der Waals surface area contributed by atoms with Crippen LogP contribution in [0, 0.1) is 0 Å². The highest BCUT2D eigenvalue weighted by Gasteiger charge is 2.14. The van der Waals surface area contributed by atoms with Crippen molar-refractivity contribution in [1.82, 2.24) is 0 Å². The highest BCUT2D eigenvalue weighted by Crippen LogP contribution is 2.19. The molecule has 0 aromatic heterocycles. The summed E-state index contributed by atoms with van der Waals surface area (Å²) in [6, 6.07) is 7.52. The molecule has 0 amide bonds. The van der Waals surface area contributed by atoms with Crippen LogP contribution in [0.5, 0.6) is 5.75 Å². The van der Waals surface area contributed by atoms with Gasteiger partial charge < -0.3 is 9.47 Å². The van der Waals surface area contributed by atoms with Crippen LogP contribution < -0.4 is 4.74 Å². The molecule has 2 rings (SSSR count). The number of ether oxygens (including phenoxy) is 2. The minimum absolute atomic E-state index is 0.461. The van der Waals surface area contributed by atoms with Crippen molar-refractivity contribution >= 4 is 11.6 Å². The van der Waals surface area contributed by atoms with Gasteiger partial charge in [-0.1, -0.05) is 17.7 Å². The summed E-state index contributed by atoms with van der Waals surface area (Å²) in [5.41, 5.74) is 0. The molecule has 1 fully saturated rings. The van der Waals surface area contributed by atoms with E-state index in [0.29, 0.717) is 6.10 Å². The van der Waals surface area contributed by atoms with Crippen LogP contribution in [0.15, 0.2) is 24.3 Å². The number of halogens is 1. The van der Waals surface area contributed by atoms with Crippen LogP contribution in [0.2, 0.25) is 5.02 Å². The van der Waals surface area contributed by atoms with Gasteiger partial charge in [0, 0.05) is 11.6 Å². The van der Waals surface area contributed by atoms with Crippen LogP contribution >= 0.6 is 11.6 Å². The Morgan fingerprint density at radius 2 is 2.38 bits per heavy atom. The molecular formula is C13H17ClO2. The van der Waals surface area contributed by atoms with Gasteiger partial charge in [-0.05, 0) is 43.9 Å². The van der Waals surface area contributed by atoms with Gasteiger partial charge in [0.15, 0.2) is 0 Å². The molecule has 1 aromatic rings. The molecule has 0 radical (unpaired) electrons. The Balaban J connectivity index is 1.64. The maximum Gasteiger partial charge on any atom is 0.120 e. The Kier molecular flexibility index (Phi) is 4.49. The largest absolute Gasteiger partial charge is 0.494 e. The lowest BCUT2D eigenvalue weighted by atomic mass is 10.1. The van der Waals surface area contributed by atoms with E-state index in [1.165, 1.54) is 12.8 Å². The minimum Gasteiger partial charge on any atom is -0.494 e. The first-order valence-corrected chi connectivity index (χ1v) is 6.22. The van der Waals surface area contributed by atoms with E-state index in [1.807, 2.05) is 24.3 Å². The highest BCUT2D eigenvalue weighted by molar-refractivity contribution is 6.30. The quantitative estimate of drug-likeness (QED) is 0.731. The van der Waals surface area contributed by atoms with Crippen LogP contribution in [0.4, 0.5) is 0 Å². The fourth-order valence-electron chi connectivity index (χ4n) is 1.93. The Hall–Kier alpha value is -0.730. The molecule has 0 spiro atoms. The molecule has 1 unspecified atom stereocenters. The molecule has 0 aliphatic carbocycles. The predicted molar refractivity (Wildman–Crippen MR) is 65.2 cm³/mol. The number of hydrogen-bond donors (Lipinski definition) is 0. The topological polar surface area (TPSA) is 18.5 Å². The summed E-state index contributed by atoms with van der Waals surface area (Å²) in [7, 11) is 0. The summed E-state index contributed by atoms with van der Waals surface area (Å²) >= 11 is 5.86. The standard InChI is InChI=1S/C13H17ClO2/c14-11-4-1-5-13(10-11)16-9-3-7-12-6-2-8-15-12/h1,4-5,10,12H,2-3,6-9H2. The second-order valence-electron chi connectivity index (χ2n) is 4.08. The van der Waals surface area contributed by atoms with Crippen LogP contribution in [-0.2, 0) is 4.74 Å². The summed E-state index contributed by atoms with van der Waals surface area (Å²) < 4.78 is 11.2. The van der Waals surface area contributed by atoms with Gasteiger partial charge >= 0.3 is 0 Å². The SMILES string of the molecule is Clc1cccc(OCCCC2CCCO2)c1. The van der Waals surface area contributed by atoms with E-state index in [4.69, 9.17) is 21.1 Å². The molecule has 1 aliphatic rings. The van der Waals surface area contributed by atoms with Crippen molar-refractivity contribution in [2.75, 3.05) is 13.2 Å². The zero-order valence-electron chi connectivity index (χ0n) is 9.32. The first-order chi connectivity index (χ1) is 7.84. The molecule has 1 aromatic carbocycles. The summed E-state index contributed by atoms with van der Waals surface area (Å²) in [5.74, 6) is 0.847. The maximum atomic E-state index is 5.86. The van der Waals surface area contributed by atoms with Crippen molar-refractivity contribution in [3.63, 3.8) is 0 Å². The highest BCUT2D eigenvalue weighted by atomic mass is 35.5. The van der Waals surface area contributed by atoms with Gasteiger partial charge in [-0.25, -0.2) is 0 Å². The van der Waals surface area contributed by atoms with E-state index in [2.05, 4.69) is 0 Å². The molecule has 0 saturated carbocycles. The Morgan fingerprint density at radius 1 is 1.44 bits per heavy atom. The van der Waals surface area contributed by atoms with Crippen LogP contribution in [0.3, 0.4) is 0 Å². The molecule has 1 heterocycles. The van der Waals surface area contributed by atoms with E-state index in [1.54, 1.807) is 0 Å². The van der Waals surface area contributed by atoms with Gasteiger partial charge in [0.05, 0.1) is 12.7 Å². The van der Waals surface area contributed by atoms with E-state index >= 15 is 0 Å². The summed E-state index contributed by atoms with van der Waals surface area (Å²) in [5, 5.41) is 0.719. The van der Waals surface area contributed by atoms with Gasteiger partial charge in [0.25, 0.3) is 0 Å². The van der Waals surface area contributed by atoms with Gasteiger partial charge in [-0.3, -0.25) is 0 Å². The second-order valence-corrected chi connectivity index (χ2v) is 4.52. The zero-order valence-corrected chi connectivity index (χ0v) is 10.1. The predicted octanol–water partition coefficient (Wildman–Crippen LogP) is 3.68. The number of rotatable bonds is 5. The van der Waals surface area contributed by atoms with Crippen molar-refractivity contribution in [3.8, 4) is 5.75 Å². The molecule has 88 valence electrons. The van der Waals surface area contributed by atoms with Crippen LogP contribution in [0.1, 0.15) is 25.7 Å². The Bertz CT molecular complexity index is 321. The van der Waals surface area contributed by atoms with E-state index in [-0.39, 0.29) is 0 Å². The van der Waals surface area contributed by atoms with Gasteiger partial charge in [0.2, 0.25) is 0 Å². The fraction of sp³-hybridized carbons (Fsp3) is 0.538. The first-order valence-electron chi connectivity index (χ1n) is 5.84. The monoisotopic (exact) mass is 240 g/mol. The van der Waals surface area contributed by atoms with E-state index in [9.17, 15) is 0 Å². The molecule has 2 nitrogen and oxygen atoms in total. The molecule has 3 heteroatoms. The lowest BCUT2D eigenvalue weighted by Crippen LogP contribution is -2.07. The molecule has 1 aliphatic heterocycles. The van der Waals surface area contributed by atoms with Crippen molar-refractivity contribution in [2.24, 2.45) is 0 Å². The van der Waals surface area contributed by atoms with Crippen molar-refractivity contribution in [3.05, 3.63) is 29.3 Å². The number of benzene rings is 1. The minimum atomic E-state index is 0.461. The molecule has 0 bridgehead atoms. The Morgan fingerprint density at radius 3 is 3.12 bits per heavy atom. The van der Waals surface area contributed by atoms with Crippen molar-refractivity contribution in [2.45, 2.75) is 31.8 Å². The summed E-state index contributed by atoms with van der Waals surface area (Å²) in [6.45, 7) is 1.67. The first kappa shape index (κ1) is 11.7. The Labute approximate surface area is 102 Å². The van der Waals surface area contributed by atoms with Crippen LogP contribution in [-0.4, -0.2) is 19.3 Å². The van der Waals surface area contributed by atoms with E-state index in [0.717, 1.165) is 36.8 Å². The maximum absolute atomic E-state index is 5.86. The fourth-order valence-corrected chi connectivity index (χ4v) is 2.11. The van der Waals surface area contributed by atoms with Gasteiger partial charge in [-0.15, -0.1) is 0 Å². The summed E-state index contributed by atoms with van der Waals surface area (Å²) in [6.07, 6.45) is 5.01. The normalized spacial score (nSPS) is 19.9. The second kappa shape index (κ2) is 6.12. The summed E-state index contributed by atoms with van der Waals surface area (Å²) in [4.78, 5) is 0. The molecule has 1 atom stereocenters. The molecular weight excluding hydrogens is 224 g/mol. The van der Waals surface area contributed by atoms with Crippen molar-refractivity contribution in [1.29, 1.82) is 0 Å². The van der Waals surface area contributed by atoms with E-state index < -0.39 is 0 Å².